The zero-order valence-corrected chi connectivity index (χ0v) is 12.3. The van der Waals surface area contributed by atoms with Crippen molar-refractivity contribution < 1.29 is 5.11 Å². The van der Waals surface area contributed by atoms with Crippen molar-refractivity contribution in [2.24, 2.45) is 5.73 Å². The number of benzene rings is 2. The van der Waals surface area contributed by atoms with Crippen LogP contribution in [0, 0.1) is 0 Å². The number of halogens is 1. The molecule has 3 heteroatoms. The first kappa shape index (κ1) is 14.3. The number of aliphatic hydroxyl groups excluding tert-OH is 1. The highest BCUT2D eigenvalue weighted by Crippen LogP contribution is 2.28. The Kier molecular flexibility index (Phi) is 4.75. The van der Waals surface area contributed by atoms with Crippen molar-refractivity contribution in [1.29, 1.82) is 0 Å². The largest absolute Gasteiger partial charge is 0.395 e. The summed E-state index contributed by atoms with van der Waals surface area (Å²) in [6.07, 6.45) is 0.726. The Balaban J connectivity index is 2.35. The molecule has 0 saturated carbocycles. The molecule has 0 bridgehead atoms. The van der Waals surface area contributed by atoms with Crippen LogP contribution >= 0.6 is 15.9 Å². The SMILES string of the molecule is NCC(CO)(Cc1cccc(Br)c1)c1ccccc1. The minimum absolute atomic E-state index is 0.0417. The van der Waals surface area contributed by atoms with E-state index in [1.807, 2.05) is 42.5 Å². The van der Waals surface area contributed by atoms with Gasteiger partial charge in [0.15, 0.2) is 0 Å². The highest BCUT2D eigenvalue weighted by Gasteiger charge is 2.30. The van der Waals surface area contributed by atoms with E-state index in [2.05, 4.69) is 28.1 Å². The Morgan fingerprint density at radius 2 is 1.79 bits per heavy atom. The molecule has 0 amide bonds. The maximum absolute atomic E-state index is 9.87. The number of hydrogen-bond donors (Lipinski definition) is 2. The number of rotatable bonds is 5. The molecule has 0 aliphatic heterocycles. The average molecular weight is 320 g/mol. The smallest absolute Gasteiger partial charge is 0.0543 e. The Bertz CT molecular complexity index is 523. The van der Waals surface area contributed by atoms with Gasteiger partial charge in [-0.1, -0.05) is 58.4 Å². The van der Waals surface area contributed by atoms with Gasteiger partial charge in [-0.2, -0.15) is 0 Å². The van der Waals surface area contributed by atoms with Crippen molar-refractivity contribution in [3.05, 3.63) is 70.2 Å². The monoisotopic (exact) mass is 319 g/mol. The summed E-state index contributed by atoms with van der Waals surface area (Å²) in [5.41, 5.74) is 7.80. The van der Waals surface area contributed by atoms with Crippen molar-refractivity contribution in [2.75, 3.05) is 13.2 Å². The molecule has 1 atom stereocenters. The van der Waals surface area contributed by atoms with Gasteiger partial charge in [0.05, 0.1) is 6.61 Å². The summed E-state index contributed by atoms with van der Waals surface area (Å²) in [5.74, 6) is 0. The molecular formula is C16H18BrNO. The van der Waals surface area contributed by atoms with Crippen LogP contribution in [0.15, 0.2) is 59.1 Å². The van der Waals surface area contributed by atoms with E-state index < -0.39 is 5.41 Å². The zero-order chi connectivity index (χ0) is 13.7. The number of nitrogens with two attached hydrogens (primary N) is 1. The fraction of sp³-hybridized carbons (Fsp3) is 0.250. The van der Waals surface area contributed by atoms with Gasteiger partial charge in [0.25, 0.3) is 0 Å². The van der Waals surface area contributed by atoms with E-state index in [1.54, 1.807) is 0 Å². The van der Waals surface area contributed by atoms with Crippen LogP contribution in [0.4, 0.5) is 0 Å². The summed E-state index contributed by atoms with van der Waals surface area (Å²) >= 11 is 3.48. The first-order chi connectivity index (χ1) is 9.20. The van der Waals surface area contributed by atoms with E-state index in [0.717, 1.165) is 22.0 Å². The summed E-state index contributed by atoms with van der Waals surface area (Å²) in [7, 11) is 0. The number of aliphatic hydroxyl groups is 1. The maximum Gasteiger partial charge on any atom is 0.0543 e. The molecule has 1 unspecified atom stereocenters. The van der Waals surface area contributed by atoms with Gasteiger partial charge in [0, 0.05) is 16.4 Å². The summed E-state index contributed by atoms with van der Waals surface area (Å²) in [5, 5.41) is 9.87. The Hall–Kier alpha value is -1.16. The van der Waals surface area contributed by atoms with Gasteiger partial charge in [0.1, 0.15) is 0 Å². The first-order valence-electron chi connectivity index (χ1n) is 6.31. The zero-order valence-electron chi connectivity index (χ0n) is 10.7. The van der Waals surface area contributed by atoms with Gasteiger partial charge < -0.3 is 10.8 Å². The lowest BCUT2D eigenvalue weighted by Gasteiger charge is -2.31. The summed E-state index contributed by atoms with van der Waals surface area (Å²) in [6, 6.07) is 18.1. The molecular weight excluding hydrogens is 302 g/mol. The lowest BCUT2D eigenvalue weighted by Crippen LogP contribution is -2.41. The fourth-order valence-electron chi connectivity index (χ4n) is 2.33. The summed E-state index contributed by atoms with van der Waals surface area (Å²) in [4.78, 5) is 0. The highest BCUT2D eigenvalue weighted by atomic mass is 79.9. The van der Waals surface area contributed by atoms with Gasteiger partial charge in [-0.15, -0.1) is 0 Å². The van der Waals surface area contributed by atoms with Crippen LogP contribution in [0.1, 0.15) is 11.1 Å². The predicted octanol–water partition coefficient (Wildman–Crippen LogP) is 2.88. The lowest BCUT2D eigenvalue weighted by molar-refractivity contribution is 0.196. The molecule has 0 saturated heterocycles. The van der Waals surface area contributed by atoms with Crippen LogP contribution < -0.4 is 5.73 Å². The molecule has 0 aliphatic carbocycles. The molecule has 0 heterocycles. The molecule has 2 aromatic rings. The Morgan fingerprint density at radius 1 is 1.05 bits per heavy atom. The molecule has 0 radical (unpaired) electrons. The molecule has 3 N–H and O–H groups in total. The van der Waals surface area contributed by atoms with Crippen molar-refractivity contribution in [2.45, 2.75) is 11.8 Å². The third kappa shape index (κ3) is 3.24. The molecule has 0 aliphatic rings. The third-order valence-corrected chi connectivity index (χ3v) is 4.00. The highest BCUT2D eigenvalue weighted by molar-refractivity contribution is 9.10. The van der Waals surface area contributed by atoms with Gasteiger partial charge in [0.2, 0.25) is 0 Å². The first-order valence-corrected chi connectivity index (χ1v) is 7.10. The van der Waals surface area contributed by atoms with Crippen LogP contribution in [-0.4, -0.2) is 18.3 Å². The Morgan fingerprint density at radius 3 is 2.37 bits per heavy atom. The average Bonchev–Trinajstić information content (AvgIpc) is 2.46. The number of hydrogen-bond acceptors (Lipinski definition) is 2. The second-order valence-corrected chi connectivity index (χ2v) is 5.73. The maximum atomic E-state index is 9.87. The molecule has 2 aromatic carbocycles. The molecule has 0 fully saturated rings. The molecule has 2 rings (SSSR count). The van der Waals surface area contributed by atoms with E-state index in [4.69, 9.17) is 5.73 Å². The van der Waals surface area contributed by atoms with E-state index in [9.17, 15) is 5.11 Å². The molecule has 0 spiro atoms. The van der Waals surface area contributed by atoms with E-state index in [1.165, 1.54) is 0 Å². The van der Waals surface area contributed by atoms with Crippen molar-refractivity contribution in [1.82, 2.24) is 0 Å². The van der Waals surface area contributed by atoms with Crippen LogP contribution in [-0.2, 0) is 11.8 Å². The van der Waals surface area contributed by atoms with Crippen LogP contribution in [0.5, 0.6) is 0 Å². The summed E-state index contributed by atoms with van der Waals surface area (Å²) in [6.45, 7) is 0.458. The van der Waals surface area contributed by atoms with Gasteiger partial charge in [-0.3, -0.25) is 0 Å². The van der Waals surface area contributed by atoms with Crippen molar-refractivity contribution in [3.63, 3.8) is 0 Å². The molecule has 100 valence electrons. The minimum Gasteiger partial charge on any atom is -0.395 e. The standard InChI is InChI=1S/C16H18BrNO/c17-15-8-4-5-13(9-15)10-16(11-18,12-19)14-6-2-1-3-7-14/h1-9,19H,10-12,18H2. The van der Waals surface area contributed by atoms with E-state index >= 15 is 0 Å². The molecule has 2 nitrogen and oxygen atoms in total. The minimum atomic E-state index is -0.415. The van der Waals surface area contributed by atoms with E-state index in [0.29, 0.717) is 6.54 Å². The van der Waals surface area contributed by atoms with Crippen LogP contribution in [0.2, 0.25) is 0 Å². The van der Waals surface area contributed by atoms with Gasteiger partial charge >= 0.3 is 0 Å². The topological polar surface area (TPSA) is 46.2 Å². The lowest BCUT2D eigenvalue weighted by atomic mass is 9.76. The molecule has 0 aromatic heterocycles. The summed E-state index contributed by atoms with van der Waals surface area (Å²) < 4.78 is 1.04. The second kappa shape index (κ2) is 6.33. The van der Waals surface area contributed by atoms with Crippen LogP contribution in [0.25, 0.3) is 0 Å². The normalized spacial score (nSPS) is 14.1. The van der Waals surface area contributed by atoms with E-state index in [-0.39, 0.29) is 6.61 Å². The van der Waals surface area contributed by atoms with Crippen LogP contribution in [0.3, 0.4) is 0 Å². The Labute approximate surface area is 122 Å². The van der Waals surface area contributed by atoms with Crippen molar-refractivity contribution in [3.8, 4) is 0 Å². The predicted molar refractivity (Wildman–Crippen MR) is 82.1 cm³/mol. The van der Waals surface area contributed by atoms with Crippen molar-refractivity contribution >= 4 is 15.9 Å². The van der Waals surface area contributed by atoms with Gasteiger partial charge in [-0.25, -0.2) is 0 Å². The molecule has 19 heavy (non-hydrogen) atoms. The fourth-order valence-corrected chi connectivity index (χ4v) is 2.78. The quantitative estimate of drug-likeness (QED) is 0.890. The second-order valence-electron chi connectivity index (χ2n) is 4.82. The van der Waals surface area contributed by atoms with Gasteiger partial charge in [-0.05, 0) is 29.7 Å². The third-order valence-electron chi connectivity index (χ3n) is 3.51.